The van der Waals surface area contributed by atoms with Crippen LogP contribution in [0.25, 0.3) is 0 Å². The van der Waals surface area contributed by atoms with Crippen LogP contribution < -0.4 is 9.47 Å². The first-order valence-electron chi connectivity index (χ1n) is 10.7. The Bertz CT molecular complexity index is 810. The Morgan fingerprint density at radius 2 is 1.77 bits per heavy atom. The lowest BCUT2D eigenvalue weighted by atomic mass is 10.1. The fourth-order valence-electron chi connectivity index (χ4n) is 3.74. The number of ether oxygens (including phenoxy) is 2. The number of halogens is 1. The molecule has 1 N–H and O–H groups in total. The van der Waals surface area contributed by atoms with Crippen LogP contribution in [0.4, 0.5) is 4.39 Å². The summed E-state index contributed by atoms with van der Waals surface area (Å²) in [5.74, 6) is 1.20. The summed E-state index contributed by atoms with van der Waals surface area (Å²) in [5.41, 5.74) is 2.06. The van der Waals surface area contributed by atoms with Crippen LogP contribution in [0.15, 0.2) is 42.5 Å². The minimum absolute atomic E-state index is 0.229. The first-order valence-corrected chi connectivity index (χ1v) is 10.7. The number of β-amino-alcohol motifs (C(OH)–C–C–N with tert-alkyl or cyclic N) is 1. The van der Waals surface area contributed by atoms with Gasteiger partial charge >= 0.3 is 0 Å². The summed E-state index contributed by atoms with van der Waals surface area (Å²) < 4.78 is 24.5. The standard InChI is InChI=1S/C24H34FN3O3/c1-26-10-12-28(13-11-26)17-22(29)18-31-24-14-23(30-3)9-6-20(24)16-27(2)15-19-4-7-21(25)8-5-19/h4-9,14,22,29H,10-13,15-18H2,1-3H3/t22-/m0/s1. The van der Waals surface area contributed by atoms with Gasteiger partial charge in [-0.05, 0) is 37.9 Å². The number of hydrogen-bond donors (Lipinski definition) is 1. The monoisotopic (exact) mass is 431 g/mol. The van der Waals surface area contributed by atoms with Crippen molar-refractivity contribution < 1.29 is 19.0 Å². The van der Waals surface area contributed by atoms with Crippen LogP contribution in [-0.4, -0.2) is 86.4 Å². The maximum atomic E-state index is 13.1. The molecule has 1 heterocycles. The highest BCUT2D eigenvalue weighted by Crippen LogP contribution is 2.26. The Balaban J connectivity index is 1.57. The number of piperazine rings is 1. The van der Waals surface area contributed by atoms with Crippen molar-refractivity contribution in [3.63, 3.8) is 0 Å². The summed E-state index contributed by atoms with van der Waals surface area (Å²) in [6.07, 6.45) is -0.556. The molecule has 0 bridgehead atoms. The summed E-state index contributed by atoms with van der Waals surface area (Å²) in [7, 11) is 5.76. The van der Waals surface area contributed by atoms with Crippen LogP contribution in [0.2, 0.25) is 0 Å². The predicted molar refractivity (Wildman–Crippen MR) is 120 cm³/mol. The molecule has 2 aromatic rings. The zero-order chi connectivity index (χ0) is 22.2. The summed E-state index contributed by atoms with van der Waals surface area (Å²) in [6, 6.07) is 12.3. The molecular formula is C24H34FN3O3. The van der Waals surface area contributed by atoms with E-state index in [4.69, 9.17) is 9.47 Å². The van der Waals surface area contributed by atoms with Gasteiger partial charge in [-0.2, -0.15) is 0 Å². The van der Waals surface area contributed by atoms with Gasteiger partial charge in [-0.1, -0.05) is 18.2 Å². The Kier molecular flexibility index (Phi) is 8.66. The van der Waals surface area contributed by atoms with Crippen LogP contribution in [-0.2, 0) is 13.1 Å². The topological polar surface area (TPSA) is 48.4 Å². The molecule has 1 aliphatic heterocycles. The average molecular weight is 432 g/mol. The van der Waals surface area contributed by atoms with E-state index in [1.54, 1.807) is 19.2 Å². The van der Waals surface area contributed by atoms with E-state index in [0.717, 1.165) is 37.3 Å². The van der Waals surface area contributed by atoms with E-state index in [2.05, 4.69) is 21.7 Å². The third-order valence-corrected chi connectivity index (χ3v) is 5.58. The van der Waals surface area contributed by atoms with Crippen molar-refractivity contribution in [2.75, 3.05) is 60.5 Å². The second-order valence-electron chi connectivity index (χ2n) is 8.34. The van der Waals surface area contributed by atoms with Gasteiger partial charge in [0.05, 0.1) is 7.11 Å². The predicted octanol–water partition coefficient (Wildman–Crippen LogP) is 2.45. The van der Waals surface area contributed by atoms with E-state index in [-0.39, 0.29) is 12.4 Å². The molecule has 170 valence electrons. The highest BCUT2D eigenvalue weighted by Gasteiger charge is 2.18. The lowest BCUT2D eigenvalue weighted by Crippen LogP contribution is -2.47. The van der Waals surface area contributed by atoms with Gasteiger partial charge < -0.3 is 19.5 Å². The fraction of sp³-hybridized carbons (Fsp3) is 0.500. The van der Waals surface area contributed by atoms with Gasteiger partial charge in [0.15, 0.2) is 0 Å². The van der Waals surface area contributed by atoms with Crippen molar-refractivity contribution in [1.29, 1.82) is 0 Å². The summed E-state index contributed by atoms with van der Waals surface area (Å²) in [6.45, 7) is 6.16. The molecule has 0 spiro atoms. The molecule has 0 aliphatic carbocycles. The number of hydrogen-bond acceptors (Lipinski definition) is 6. The summed E-state index contributed by atoms with van der Waals surface area (Å²) in [5, 5.41) is 10.5. The van der Waals surface area contributed by atoms with E-state index in [1.807, 2.05) is 25.2 Å². The molecule has 1 fully saturated rings. The van der Waals surface area contributed by atoms with Crippen LogP contribution in [0.5, 0.6) is 11.5 Å². The van der Waals surface area contributed by atoms with Gasteiger partial charge in [-0.3, -0.25) is 9.80 Å². The van der Waals surface area contributed by atoms with Crippen molar-refractivity contribution in [3.05, 3.63) is 59.4 Å². The molecular weight excluding hydrogens is 397 g/mol. The van der Waals surface area contributed by atoms with Gasteiger partial charge in [0.1, 0.15) is 30.0 Å². The number of aliphatic hydroxyl groups is 1. The number of aliphatic hydroxyl groups excluding tert-OH is 1. The van der Waals surface area contributed by atoms with Crippen LogP contribution >= 0.6 is 0 Å². The third kappa shape index (κ3) is 7.47. The van der Waals surface area contributed by atoms with Gasteiger partial charge in [0.25, 0.3) is 0 Å². The number of methoxy groups -OCH3 is 1. The lowest BCUT2D eigenvalue weighted by Gasteiger charge is -2.33. The van der Waals surface area contributed by atoms with Gasteiger partial charge in [-0.15, -0.1) is 0 Å². The van der Waals surface area contributed by atoms with E-state index in [1.165, 1.54) is 12.1 Å². The molecule has 7 heteroatoms. The smallest absolute Gasteiger partial charge is 0.127 e. The van der Waals surface area contributed by atoms with Crippen molar-refractivity contribution in [1.82, 2.24) is 14.7 Å². The van der Waals surface area contributed by atoms with E-state index < -0.39 is 6.10 Å². The molecule has 0 aromatic heterocycles. The normalized spacial score (nSPS) is 16.5. The quantitative estimate of drug-likeness (QED) is 0.624. The van der Waals surface area contributed by atoms with Crippen LogP contribution in [0.3, 0.4) is 0 Å². The van der Waals surface area contributed by atoms with Crippen molar-refractivity contribution in [2.24, 2.45) is 0 Å². The van der Waals surface area contributed by atoms with Gasteiger partial charge in [0.2, 0.25) is 0 Å². The van der Waals surface area contributed by atoms with E-state index in [0.29, 0.717) is 31.1 Å². The Morgan fingerprint density at radius 1 is 1.06 bits per heavy atom. The molecule has 3 rings (SSSR count). The number of nitrogens with zero attached hydrogens (tertiary/aromatic N) is 3. The molecule has 0 radical (unpaired) electrons. The number of benzene rings is 2. The highest BCUT2D eigenvalue weighted by atomic mass is 19.1. The Hall–Kier alpha value is -2.19. The molecule has 1 aliphatic rings. The first-order chi connectivity index (χ1) is 14.9. The molecule has 1 saturated heterocycles. The SMILES string of the molecule is COc1ccc(CN(C)Cc2ccc(F)cc2)c(OC[C@@H](O)CN2CCN(C)CC2)c1. The van der Waals surface area contributed by atoms with Crippen molar-refractivity contribution in [3.8, 4) is 11.5 Å². The third-order valence-electron chi connectivity index (χ3n) is 5.58. The van der Waals surface area contributed by atoms with Crippen LogP contribution in [0.1, 0.15) is 11.1 Å². The number of rotatable bonds is 10. The Morgan fingerprint density at radius 3 is 2.45 bits per heavy atom. The molecule has 0 unspecified atom stereocenters. The summed E-state index contributed by atoms with van der Waals surface area (Å²) >= 11 is 0. The zero-order valence-corrected chi connectivity index (χ0v) is 18.8. The summed E-state index contributed by atoms with van der Waals surface area (Å²) in [4.78, 5) is 6.71. The minimum Gasteiger partial charge on any atom is -0.497 e. The van der Waals surface area contributed by atoms with Gasteiger partial charge in [0, 0.05) is 57.4 Å². The van der Waals surface area contributed by atoms with E-state index in [9.17, 15) is 9.50 Å². The molecule has 6 nitrogen and oxygen atoms in total. The lowest BCUT2D eigenvalue weighted by molar-refractivity contribution is 0.0500. The van der Waals surface area contributed by atoms with Crippen molar-refractivity contribution >= 4 is 0 Å². The second kappa shape index (κ2) is 11.4. The van der Waals surface area contributed by atoms with Crippen LogP contribution in [0, 0.1) is 5.82 Å². The van der Waals surface area contributed by atoms with Gasteiger partial charge in [-0.25, -0.2) is 4.39 Å². The average Bonchev–Trinajstić information content (AvgIpc) is 2.76. The fourth-order valence-corrected chi connectivity index (χ4v) is 3.74. The van der Waals surface area contributed by atoms with Crippen molar-refractivity contribution in [2.45, 2.75) is 19.2 Å². The maximum absolute atomic E-state index is 13.1. The first kappa shape index (κ1) is 23.5. The molecule has 2 aromatic carbocycles. The zero-order valence-electron chi connectivity index (χ0n) is 18.8. The largest absolute Gasteiger partial charge is 0.497 e. The molecule has 31 heavy (non-hydrogen) atoms. The van der Waals surface area contributed by atoms with E-state index >= 15 is 0 Å². The maximum Gasteiger partial charge on any atom is 0.127 e. The second-order valence-corrected chi connectivity index (χ2v) is 8.34. The molecule has 0 saturated carbocycles. The highest BCUT2D eigenvalue weighted by molar-refractivity contribution is 5.40. The number of likely N-dealkylation sites (N-methyl/N-ethyl adjacent to an activating group) is 1. The molecule has 0 amide bonds. The molecule has 1 atom stereocenters. The Labute approximate surface area is 184 Å². The minimum atomic E-state index is -0.556.